The lowest BCUT2D eigenvalue weighted by Gasteiger charge is -2.44. The summed E-state index contributed by atoms with van der Waals surface area (Å²) in [5, 5.41) is 9.44. The molecule has 178 valence electrons. The Hall–Kier alpha value is -2.66. The normalized spacial score (nSPS) is 24.0. The largest absolute Gasteiger partial charge is 0.481 e. The fourth-order valence-corrected chi connectivity index (χ4v) is 6.41. The average Bonchev–Trinajstić information content (AvgIpc) is 3.16. The number of pyridine rings is 1. The summed E-state index contributed by atoms with van der Waals surface area (Å²) in [7, 11) is -3.89. The van der Waals surface area contributed by atoms with Crippen LogP contribution in [-0.4, -0.2) is 54.0 Å². The van der Waals surface area contributed by atoms with E-state index in [4.69, 9.17) is 0 Å². The van der Waals surface area contributed by atoms with Crippen LogP contribution >= 0.6 is 0 Å². The number of aryl methyl sites for hydroxylation is 1. The van der Waals surface area contributed by atoms with E-state index in [1.807, 2.05) is 4.90 Å². The first-order valence-electron chi connectivity index (χ1n) is 10.6. The molecule has 0 amide bonds. The molecule has 1 fully saturated rings. The average molecular weight is 484 g/mol. The minimum atomic E-state index is -4.48. The smallest absolute Gasteiger partial charge is 0.417 e. The molecule has 33 heavy (non-hydrogen) atoms. The summed E-state index contributed by atoms with van der Waals surface area (Å²) in [6.45, 7) is 3.82. The molecule has 0 spiro atoms. The van der Waals surface area contributed by atoms with Crippen molar-refractivity contribution in [2.75, 3.05) is 18.0 Å². The summed E-state index contributed by atoms with van der Waals surface area (Å²) in [5.41, 5.74) is 0.544. The number of aliphatic carboxylic acids is 1. The fraction of sp³-hybridized carbons (Fsp3) is 0.455. The van der Waals surface area contributed by atoms with Crippen LogP contribution in [-0.2, 0) is 27.4 Å². The van der Waals surface area contributed by atoms with Crippen molar-refractivity contribution in [3.63, 3.8) is 0 Å². The summed E-state index contributed by atoms with van der Waals surface area (Å²) < 4.78 is 66.6. The van der Waals surface area contributed by atoms with Crippen LogP contribution in [0.5, 0.6) is 0 Å². The third-order valence-corrected chi connectivity index (χ3v) is 8.18. The molecule has 0 radical (unpaired) electrons. The van der Waals surface area contributed by atoms with Gasteiger partial charge in [0.1, 0.15) is 5.82 Å². The minimum Gasteiger partial charge on any atom is -0.481 e. The lowest BCUT2D eigenvalue weighted by atomic mass is 10.0. The van der Waals surface area contributed by atoms with E-state index < -0.39 is 33.7 Å². The van der Waals surface area contributed by atoms with Gasteiger partial charge in [0.2, 0.25) is 10.0 Å². The molecule has 1 unspecified atom stereocenters. The minimum absolute atomic E-state index is 0.0508. The Kier molecular flexibility index (Phi) is 5.90. The molecular weight excluding hydrogens is 459 g/mol. The lowest BCUT2D eigenvalue weighted by molar-refractivity contribution is -0.139. The number of anilines is 1. The van der Waals surface area contributed by atoms with E-state index in [-0.39, 0.29) is 30.1 Å². The summed E-state index contributed by atoms with van der Waals surface area (Å²) in [5.74, 6) is -1.33. The number of hydrogen-bond acceptors (Lipinski definition) is 5. The van der Waals surface area contributed by atoms with Crippen LogP contribution in [0.2, 0.25) is 0 Å². The first-order chi connectivity index (χ1) is 15.4. The maximum absolute atomic E-state index is 13.4. The van der Waals surface area contributed by atoms with Crippen molar-refractivity contribution >= 4 is 21.8 Å². The third-order valence-electron chi connectivity index (χ3n) is 6.36. The maximum Gasteiger partial charge on any atom is 0.417 e. The second kappa shape index (κ2) is 8.28. The zero-order chi connectivity index (χ0) is 24.1. The topological polar surface area (TPSA) is 90.8 Å². The second-order valence-electron chi connectivity index (χ2n) is 8.62. The van der Waals surface area contributed by atoms with Gasteiger partial charge in [0, 0.05) is 31.4 Å². The van der Waals surface area contributed by atoms with Crippen molar-refractivity contribution in [2.45, 2.75) is 55.8 Å². The molecule has 1 aromatic heterocycles. The number of carbonyl (C=O) groups is 1. The van der Waals surface area contributed by atoms with E-state index in [0.717, 1.165) is 17.8 Å². The van der Waals surface area contributed by atoms with Crippen LogP contribution in [0, 0.1) is 0 Å². The number of carboxylic acid groups (broad SMARTS) is 1. The van der Waals surface area contributed by atoms with Crippen LogP contribution in [0.25, 0.3) is 0 Å². The van der Waals surface area contributed by atoms with Crippen molar-refractivity contribution in [3.8, 4) is 0 Å². The maximum atomic E-state index is 13.4. The Morgan fingerprint density at radius 1 is 1.12 bits per heavy atom. The van der Waals surface area contributed by atoms with E-state index >= 15 is 0 Å². The highest BCUT2D eigenvalue weighted by Crippen LogP contribution is 2.36. The predicted molar refractivity (Wildman–Crippen MR) is 115 cm³/mol. The van der Waals surface area contributed by atoms with Gasteiger partial charge < -0.3 is 10.0 Å². The van der Waals surface area contributed by atoms with Gasteiger partial charge in [-0.15, -0.1) is 0 Å². The van der Waals surface area contributed by atoms with Gasteiger partial charge >= 0.3 is 12.1 Å². The molecular formula is C22H24F3N3O4S. The Balaban J connectivity index is 1.57. The number of rotatable bonds is 4. The Bertz CT molecular complexity index is 1160. The number of halogens is 3. The fourth-order valence-electron chi connectivity index (χ4n) is 4.78. The van der Waals surface area contributed by atoms with Gasteiger partial charge in [-0.05, 0) is 62.1 Å². The van der Waals surface area contributed by atoms with Crippen LogP contribution in [0.1, 0.15) is 42.9 Å². The number of fused-ring (bicyclic) bond motifs is 1. The van der Waals surface area contributed by atoms with E-state index in [9.17, 15) is 31.5 Å². The van der Waals surface area contributed by atoms with Gasteiger partial charge in [0.25, 0.3) is 0 Å². The molecule has 0 saturated carbocycles. The van der Waals surface area contributed by atoms with Gasteiger partial charge in [-0.25, -0.2) is 13.4 Å². The second-order valence-corrected chi connectivity index (χ2v) is 10.6. The lowest BCUT2D eigenvalue weighted by Crippen LogP contribution is -2.58. The van der Waals surface area contributed by atoms with Crippen molar-refractivity contribution < 1.29 is 31.5 Å². The van der Waals surface area contributed by atoms with Gasteiger partial charge in [-0.1, -0.05) is 6.07 Å². The molecule has 3 atom stereocenters. The van der Waals surface area contributed by atoms with Crippen molar-refractivity contribution in [2.24, 2.45) is 0 Å². The molecule has 1 saturated heterocycles. The van der Waals surface area contributed by atoms with Crippen LogP contribution in [0.3, 0.4) is 0 Å². The zero-order valence-electron chi connectivity index (χ0n) is 18.1. The molecule has 1 N–H and O–H groups in total. The summed E-state index contributed by atoms with van der Waals surface area (Å²) in [4.78, 5) is 17.4. The molecule has 0 bridgehead atoms. The molecule has 2 heterocycles. The quantitative estimate of drug-likeness (QED) is 0.716. The van der Waals surface area contributed by atoms with E-state index in [1.54, 1.807) is 19.9 Å². The summed E-state index contributed by atoms with van der Waals surface area (Å²) in [6, 6.07) is 6.25. The molecule has 1 aliphatic carbocycles. The molecule has 4 rings (SSSR count). The molecule has 7 nitrogen and oxygen atoms in total. The standard InChI is InChI=1S/C22H24F3N3O4S/c1-13-11-27(12-14(2)28(13)20-8-5-16(10-26-20)22(23,24)25)33(31,32)17-6-3-15-4-7-18(21(29)30)19(15)9-17/h3,5-6,8-10,13-14,18H,4,7,11-12H2,1-2H3,(H,29,30)/t13-,14+,18?. The number of piperazine rings is 1. The monoisotopic (exact) mass is 483 g/mol. The number of hydrogen-bond donors (Lipinski definition) is 1. The highest BCUT2D eigenvalue weighted by molar-refractivity contribution is 7.89. The van der Waals surface area contributed by atoms with Crippen LogP contribution in [0.4, 0.5) is 19.0 Å². The zero-order valence-corrected chi connectivity index (χ0v) is 18.9. The third kappa shape index (κ3) is 4.31. The Morgan fingerprint density at radius 2 is 1.79 bits per heavy atom. The van der Waals surface area contributed by atoms with Gasteiger partial charge in [0.05, 0.1) is 16.4 Å². The summed E-state index contributed by atoms with van der Waals surface area (Å²) in [6.07, 6.45) is -2.66. The number of carboxylic acids is 1. The van der Waals surface area contributed by atoms with Crippen LogP contribution in [0.15, 0.2) is 41.4 Å². The SMILES string of the molecule is C[C@@H]1CN(S(=O)(=O)c2ccc3c(c2)C(C(=O)O)CC3)C[C@H](C)N1c1ccc(C(F)(F)F)cn1. The van der Waals surface area contributed by atoms with Gasteiger partial charge in [-0.2, -0.15) is 17.5 Å². The van der Waals surface area contributed by atoms with E-state index in [2.05, 4.69) is 4.98 Å². The van der Waals surface area contributed by atoms with Crippen molar-refractivity contribution in [1.29, 1.82) is 0 Å². The highest BCUT2D eigenvalue weighted by atomic mass is 32.2. The van der Waals surface area contributed by atoms with Crippen LogP contribution < -0.4 is 4.90 Å². The van der Waals surface area contributed by atoms with Crippen molar-refractivity contribution in [3.05, 3.63) is 53.2 Å². The van der Waals surface area contributed by atoms with Gasteiger partial charge in [0.15, 0.2) is 0 Å². The Labute approximate surface area is 189 Å². The Morgan fingerprint density at radius 3 is 2.33 bits per heavy atom. The van der Waals surface area contributed by atoms with E-state index in [0.29, 0.717) is 24.2 Å². The predicted octanol–water partition coefficient (Wildman–Crippen LogP) is 3.50. The number of nitrogens with zero attached hydrogens (tertiary/aromatic N) is 3. The first kappa shape index (κ1) is 23.5. The highest BCUT2D eigenvalue weighted by Gasteiger charge is 2.38. The van der Waals surface area contributed by atoms with Crippen molar-refractivity contribution in [1.82, 2.24) is 9.29 Å². The molecule has 2 aromatic rings. The molecule has 1 aliphatic heterocycles. The molecule has 11 heteroatoms. The van der Waals surface area contributed by atoms with Gasteiger partial charge in [-0.3, -0.25) is 4.79 Å². The number of sulfonamides is 1. The van der Waals surface area contributed by atoms with E-state index in [1.165, 1.54) is 22.5 Å². The molecule has 2 aliphatic rings. The number of alkyl halides is 3. The molecule has 1 aromatic carbocycles. The number of aromatic nitrogens is 1. The first-order valence-corrected chi connectivity index (χ1v) is 12.0. The number of benzene rings is 1. The summed E-state index contributed by atoms with van der Waals surface area (Å²) >= 11 is 0.